The lowest BCUT2D eigenvalue weighted by molar-refractivity contribution is -0.130. The zero-order valence-corrected chi connectivity index (χ0v) is 15.3. The molecule has 2 atom stereocenters. The van der Waals surface area contributed by atoms with Crippen LogP contribution in [0.4, 0.5) is 0 Å². The summed E-state index contributed by atoms with van der Waals surface area (Å²) in [5.41, 5.74) is 0. The number of furan rings is 1. The second-order valence-corrected chi connectivity index (χ2v) is 7.63. The van der Waals surface area contributed by atoms with Crippen LogP contribution in [0.3, 0.4) is 0 Å². The molecule has 1 amide bonds. The van der Waals surface area contributed by atoms with E-state index >= 15 is 0 Å². The molecule has 4 rings (SSSR count). The molecule has 2 bridgehead atoms. The van der Waals surface area contributed by atoms with Crippen molar-refractivity contribution in [3.05, 3.63) is 23.7 Å². The Hall–Kier alpha value is -1.33. The third-order valence-electron chi connectivity index (χ3n) is 5.33. The molecule has 3 fully saturated rings. The van der Waals surface area contributed by atoms with Gasteiger partial charge in [-0.25, -0.2) is 0 Å². The summed E-state index contributed by atoms with van der Waals surface area (Å²) in [5, 5.41) is 0. The average molecular weight is 333 g/mol. The van der Waals surface area contributed by atoms with Crippen LogP contribution in [0, 0.1) is 5.92 Å². The van der Waals surface area contributed by atoms with Crippen molar-refractivity contribution in [1.29, 1.82) is 0 Å². The van der Waals surface area contributed by atoms with Crippen molar-refractivity contribution >= 4 is 5.91 Å². The van der Waals surface area contributed by atoms with E-state index in [1.165, 1.54) is 12.8 Å². The number of amides is 1. The number of fused-ring (bicyclic) bond motifs is 4. The molecule has 4 heterocycles. The SMILES string of the molecule is CCCc1ccc(CN2C[C@@H]3CC[C@H]2CN(CC(=O)N(C)C)C3)o1. The number of hydrogen-bond acceptors (Lipinski definition) is 4. The van der Waals surface area contributed by atoms with Crippen molar-refractivity contribution in [3.8, 4) is 0 Å². The summed E-state index contributed by atoms with van der Waals surface area (Å²) in [7, 11) is 3.68. The highest BCUT2D eigenvalue weighted by atomic mass is 16.3. The Kier molecular flexibility index (Phi) is 5.61. The second kappa shape index (κ2) is 7.70. The molecule has 0 aliphatic carbocycles. The zero-order valence-electron chi connectivity index (χ0n) is 15.3. The Labute approximate surface area is 145 Å². The smallest absolute Gasteiger partial charge is 0.236 e. The van der Waals surface area contributed by atoms with Gasteiger partial charge in [0.25, 0.3) is 0 Å². The van der Waals surface area contributed by atoms with Crippen LogP contribution in [0.5, 0.6) is 0 Å². The van der Waals surface area contributed by atoms with Gasteiger partial charge in [0.2, 0.25) is 5.91 Å². The van der Waals surface area contributed by atoms with Crippen molar-refractivity contribution in [3.63, 3.8) is 0 Å². The molecule has 0 saturated carbocycles. The minimum Gasteiger partial charge on any atom is -0.465 e. The van der Waals surface area contributed by atoms with Crippen molar-refractivity contribution in [2.75, 3.05) is 40.3 Å². The van der Waals surface area contributed by atoms with Gasteiger partial charge in [-0.3, -0.25) is 14.6 Å². The number of piperidine rings is 1. The van der Waals surface area contributed by atoms with Crippen LogP contribution in [0.1, 0.15) is 37.7 Å². The van der Waals surface area contributed by atoms with Crippen LogP contribution in [0.15, 0.2) is 16.5 Å². The molecule has 1 aromatic rings. The molecule has 0 radical (unpaired) electrons. The fourth-order valence-electron chi connectivity index (χ4n) is 4.02. The quantitative estimate of drug-likeness (QED) is 0.800. The van der Waals surface area contributed by atoms with Crippen LogP contribution < -0.4 is 0 Å². The lowest BCUT2D eigenvalue weighted by atomic mass is 9.95. The maximum absolute atomic E-state index is 12.0. The van der Waals surface area contributed by atoms with E-state index < -0.39 is 0 Å². The van der Waals surface area contributed by atoms with Gasteiger partial charge in [0, 0.05) is 46.2 Å². The van der Waals surface area contributed by atoms with E-state index in [1.54, 1.807) is 4.90 Å². The Balaban J connectivity index is 1.61. The Morgan fingerprint density at radius 1 is 1.21 bits per heavy atom. The summed E-state index contributed by atoms with van der Waals surface area (Å²) in [6.07, 6.45) is 4.66. The van der Waals surface area contributed by atoms with Crippen LogP contribution >= 0.6 is 0 Å². The Bertz CT molecular complexity index is 555. The van der Waals surface area contributed by atoms with Gasteiger partial charge in [0.1, 0.15) is 11.5 Å². The van der Waals surface area contributed by atoms with E-state index in [1.807, 2.05) is 14.1 Å². The molecule has 24 heavy (non-hydrogen) atoms. The minimum absolute atomic E-state index is 0.207. The first kappa shape index (κ1) is 17.5. The highest BCUT2D eigenvalue weighted by Gasteiger charge is 2.35. The monoisotopic (exact) mass is 333 g/mol. The lowest BCUT2D eigenvalue weighted by Crippen LogP contribution is -2.44. The maximum Gasteiger partial charge on any atom is 0.236 e. The molecular formula is C19H31N3O2. The second-order valence-electron chi connectivity index (χ2n) is 7.63. The van der Waals surface area contributed by atoms with Gasteiger partial charge >= 0.3 is 0 Å². The highest BCUT2D eigenvalue weighted by Crippen LogP contribution is 2.29. The number of carbonyl (C=O) groups excluding carboxylic acids is 1. The molecule has 3 aliphatic rings. The Morgan fingerprint density at radius 2 is 2.00 bits per heavy atom. The van der Waals surface area contributed by atoms with Crippen LogP contribution in [-0.4, -0.2) is 66.9 Å². The van der Waals surface area contributed by atoms with E-state index in [4.69, 9.17) is 4.42 Å². The van der Waals surface area contributed by atoms with Crippen LogP contribution in [0.2, 0.25) is 0 Å². The number of aryl methyl sites for hydroxylation is 1. The van der Waals surface area contributed by atoms with Crippen LogP contribution in [0.25, 0.3) is 0 Å². The maximum atomic E-state index is 12.0. The molecule has 3 saturated heterocycles. The van der Waals surface area contributed by atoms with E-state index in [0.29, 0.717) is 18.5 Å². The first-order valence-electron chi connectivity index (χ1n) is 9.29. The molecule has 5 nitrogen and oxygen atoms in total. The van der Waals surface area contributed by atoms with Crippen molar-refractivity contribution in [1.82, 2.24) is 14.7 Å². The average Bonchev–Trinajstić information content (AvgIpc) is 2.79. The minimum atomic E-state index is 0.207. The Morgan fingerprint density at radius 3 is 2.75 bits per heavy atom. The van der Waals surface area contributed by atoms with Gasteiger partial charge in [0.15, 0.2) is 0 Å². The van der Waals surface area contributed by atoms with Crippen molar-refractivity contribution < 1.29 is 9.21 Å². The number of hydrogen-bond donors (Lipinski definition) is 0. The fourth-order valence-corrected chi connectivity index (χ4v) is 4.02. The van der Waals surface area contributed by atoms with Gasteiger partial charge in [-0.15, -0.1) is 0 Å². The van der Waals surface area contributed by atoms with Gasteiger partial charge in [-0.05, 0) is 37.3 Å². The normalized spacial score (nSPS) is 25.0. The summed E-state index contributed by atoms with van der Waals surface area (Å²) in [5.74, 6) is 3.06. The predicted octanol–water partition coefficient (Wildman–Crippen LogP) is 2.22. The van der Waals surface area contributed by atoms with Crippen LogP contribution in [-0.2, 0) is 17.8 Å². The van der Waals surface area contributed by atoms with Gasteiger partial charge in [-0.1, -0.05) is 6.92 Å². The summed E-state index contributed by atoms with van der Waals surface area (Å²) in [6.45, 7) is 6.81. The zero-order chi connectivity index (χ0) is 17.1. The largest absolute Gasteiger partial charge is 0.465 e. The van der Waals surface area contributed by atoms with Gasteiger partial charge in [-0.2, -0.15) is 0 Å². The molecule has 134 valence electrons. The summed E-state index contributed by atoms with van der Waals surface area (Å²) in [6, 6.07) is 4.80. The van der Waals surface area contributed by atoms with Crippen molar-refractivity contribution in [2.45, 2.75) is 45.2 Å². The number of likely N-dealkylation sites (N-methyl/N-ethyl adjacent to an activating group) is 1. The van der Waals surface area contributed by atoms with E-state index in [2.05, 4.69) is 28.9 Å². The molecule has 5 heteroatoms. The predicted molar refractivity (Wildman–Crippen MR) is 94.8 cm³/mol. The fraction of sp³-hybridized carbons (Fsp3) is 0.737. The summed E-state index contributed by atoms with van der Waals surface area (Å²) < 4.78 is 5.98. The molecular weight excluding hydrogens is 302 g/mol. The summed E-state index contributed by atoms with van der Waals surface area (Å²) >= 11 is 0. The molecule has 0 N–H and O–H groups in total. The molecule has 0 aromatic carbocycles. The molecule has 3 aliphatic heterocycles. The highest BCUT2D eigenvalue weighted by molar-refractivity contribution is 5.77. The number of nitrogens with zero attached hydrogens (tertiary/aromatic N) is 3. The lowest BCUT2D eigenvalue weighted by Gasteiger charge is -2.35. The first-order chi connectivity index (χ1) is 11.5. The van der Waals surface area contributed by atoms with E-state index in [0.717, 1.165) is 50.5 Å². The third-order valence-corrected chi connectivity index (χ3v) is 5.33. The van der Waals surface area contributed by atoms with Crippen molar-refractivity contribution in [2.24, 2.45) is 5.92 Å². The molecule has 0 spiro atoms. The molecule has 1 aromatic heterocycles. The van der Waals surface area contributed by atoms with E-state index in [-0.39, 0.29) is 5.91 Å². The molecule has 0 unspecified atom stereocenters. The first-order valence-corrected chi connectivity index (χ1v) is 9.29. The number of carbonyl (C=O) groups is 1. The van der Waals surface area contributed by atoms with Gasteiger partial charge < -0.3 is 9.32 Å². The third kappa shape index (κ3) is 4.19. The summed E-state index contributed by atoms with van der Waals surface area (Å²) in [4.78, 5) is 18.7. The standard InChI is InChI=1S/C19H31N3O2/c1-4-5-17-8-9-18(24-17)13-22-11-15-6-7-16(22)12-21(10-15)14-19(23)20(2)3/h8-9,15-16H,4-7,10-14H2,1-3H3/t15-,16+/m1/s1. The number of rotatable bonds is 6. The van der Waals surface area contributed by atoms with Gasteiger partial charge in [0.05, 0.1) is 13.1 Å². The van der Waals surface area contributed by atoms with E-state index in [9.17, 15) is 4.79 Å². The topological polar surface area (TPSA) is 39.9 Å².